The molecule has 2 heterocycles. The maximum atomic E-state index is 4.62. The molecule has 0 atom stereocenters. The fourth-order valence-electron chi connectivity index (χ4n) is 2.37. The Hall–Kier alpha value is -2.47. The number of nitrogens with zero attached hydrogens (tertiary/aromatic N) is 3. The maximum Gasteiger partial charge on any atom is 0.225 e. The summed E-state index contributed by atoms with van der Waals surface area (Å²) in [6.07, 6.45) is 3.52. The lowest BCUT2D eigenvalue weighted by Crippen LogP contribution is -2.13. The zero-order valence-corrected chi connectivity index (χ0v) is 16.0. The van der Waals surface area contributed by atoms with Gasteiger partial charge in [-0.15, -0.1) is 0 Å². The molecule has 1 aromatic carbocycles. The van der Waals surface area contributed by atoms with Gasteiger partial charge >= 0.3 is 0 Å². The van der Waals surface area contributed by atoms with Gasteiger partial charge in [0.15, 0.2) is 0 Å². The first kappa shape index (κ1) is 17.4. The van der Waals surface area contributed by atoms with Crippen molar-refractivity contribution in [1.82, 2.24) is 15.0 Å². The van der Waals surface area contributed by atoms with Crippen LogP contribution in [0.1, 0.15) is 19.4 Å². The molecule has 6 heteroatoms. The fraction of sp³-hybridized carbons (Fsp3) is 0.211. The highest BCUT2D eigenvalue weighted by Gasteiger charge is 2.08. The van der Waals surface area contributed by atoms with Gasteiger partial charge in [-0.1, -0.05) is 15.9 Å². The molecule has 3 rings (SSSR count). The lowest BCUT2D eigenvalue weighted by atomic mass is 10.2. The smallest absolute Gasteiger partial charge is 0.225 e. The van der Waals surface area contributed by atoms with Crippen LogP contribution >= 0.6 is 15.9 Å². The summed E-state index contributed by atoms with van der Waals surface area (Å²) >= 11 is 3.53. The van der Waals surface area contributed by atoms with Gasteiger partial charge in [0.1, 0.15) is 5.82 Å². The molecule has 0 aliphatic rings. The molecule has 2 N–H and O–H groups in total. The Morgan fingerprint density at radius 1 is 1.00 bits per heavy atom. The summed E-state index contributed by atoms with van der Waals surface area (Å²) in [7, 11) is 0. The molecule has 0 spiro atoms. The van der Waals surface area contributed by atoms with Crippen LogP contribution in [0.5, 0.6) is 0 Å². The van der Waals surface area contributed by atoms with Crippen molar-refractivity contribution < 1.29 is 0 Å². The second kappa shape index (κ2) is 7.61. The zero-order chi connectivity index (χ0) is 17.8. The summed E-state index contributed by atoms with van der Waals surface area (Å²) < 4.78 is 1.08. The van der Waals surface area contributed by atoms with Crippen LogP contribution in [0.3, 0.4) is 0 Å². The van der Waals surface area contributed by atoms with Crippen LogP contribution < -0.4 is 10.6 Å². The molecule has 0 unspecified atom stereocenters. The average Bonchev–Trinajstić information content (AvgIpc) is 2.58. The number of halogens is 1. The second-order valence-electron chi connectivity index (χ2n) is 6.09. The van der Waals surface area contributed by atoms with Gasteiger partial charge in [-0.25, -0.2) is 4.98 Å². The average molecular weight is 398 g/mol. The normalized spacial score (nSPS) is 10.8. The number of nitrogens with one attached hydrogen (secondary N) is 2. The van der Waals surface area contributed by atoms with Gasteiger partial charge in [-0.2, -0.15) is 4.98 Å². The molecule has 5 nitrogen and oxygen atoms in total. The van der Waals surface area contributed by atoms with E-state index in [4.69, 9.17) is 0 Å². The number of anilines is 3. The van der Waals surface area contributed by atoms with Crippen molar-refractivity contribution in [3.63, 3.8) is 0 Å². The quantitative estimate of drug-likeness (QED) is 0.621. The molecule has 0 saturated carbocycles. The van der Waals surface area contributed by atoms with Crippen LogP contribution in [0.25, 0.3) is 11.3 Å². The molecular formula is C19H20BrN5. The largest absolute Gasteiger partial charge is 0.352 e. The Kier molecular flexibility index (Phi) is 5.28. The lowest BCUT2D eigenvalue weighted by Gasteiger charge is -2.13. The van der Waals surface area contributed by atoms with Crippen LogP contribution in [-0.2, 0) is 0 Å². The highest BCUT2D eigenvalue weighted by atomic mass is 79.9. The Bertz CT molecular complexity index is 865. The summed E-state index contributed by atoms with van der Waals surface area (Å²) in [6, 6.07) is 12.2. The molecule has 0 amide bonds. The van der Waals surface area contributed by atoms with E-state index in [9.17, 15) is 0 Å². The molecule has 3 aromatic rings. The third-order valence-electron chi connectivity index (χ3n) is 3.55. The van der Waals surface area contributed by atoms with Crippen molar-refractivity contribution in [3.8, 4) is 11.3 Å². The van der Waals surface area contributed by atoms with E-state index in [1.807, 2.05) is 30.3 Å². The monoisotopic (exact) mass is 397 g/mol. The van der Waals surface area contributed by atoms with E-state index in [1.54, 1.807) is 12.4 Å². The van der Waals surface area contributed by atoms with Gasteiger partial charge in [0.05, 0.1) is 5.69 Å². The molecule has 0 radical (unpaired) electrons. The van der Waals surface area contributed by atoms with Crippen LogP contribution in [0.2, 0.25) is 0 Å². The summed E-state index contributed by atoms with van der Waals surface area (Å²) in [5, 5.41) is 6.64. The van der Waals surface area contributed by atoms with Crippen LogP contribution in [0.15, 0.2) is 53.3 Å². The van der Waals surface area contributed by atoms with Crippen molar-refractivity contribution in [2.24, 2.45) is 0 Å². The van der Waals surface area contributed by atoms with E-state index in [-0.39, 0.29) is 6.04 Å². The third-order valence-corrected chi connectivity index (χ3v) is 4.44. The minimum atomic E-state index is 0.246. The Morgan fingerprint density at radius 2 is 1.76 bits per heavy atom. The first-order valence-corrected chi connectivity index (χ1v) is 8.90. The van der Waals surface area contributed by atoms with E-state index >= 15 is 0 Å². The predicted molar refractivity (Wildman–Crippen MR) is 106 cm³/mol. The SMILES string of the molecule is Cc1cc(Nc2cc(-c3ccncc3)nc(NC(C)C)n2)ccc1Br. The summed E-state index contributed by atoms with van der Waals surface area (Å²) in [6.45, 7) is 6.19. The minimum absolute atomic E-state index is 0.246. The van der Waals surface area contributed by atoms with Crippen molar-refractivity contribution in [1.29, 1.82) is 0 Å². The molecule has 25 heavy (non-hydrogen) atoms. The number of hydrogen-bond donors (Lipinski definition) is 2. The Balaban J connectivity index is 1.98. The summed E-state index contributed by atoms with van der Waals surface area (Å²) in [5.74, 6) is 1.34. The molecular weight excluding hydrogens is 378 g/mol. The molecule has 0 fully saturated rings. The van der Waals surface area contributed by atoms with E-state index in [2.05, 4.69) is 68.4 Å². The zero-order valence-electron chi connectivity index (χ0n) is 14.4. The van der Waals surface area contributed by atoms with E-state index in [0.29, 0.717) is 5.95 Å². The molecule has 0 saturated heterocycles. The standard InChI is InChI=1S/C19H20BrN5/c1-12(2)22-19-24-17(14-6-8-21-9-7-14)11-18(25-19)23-15-4-5-16(20)13(3)10-15/h4-12H,1-3H3,(H2,22,23,24,25). The Morgan fingerprint density at radius 3 is 2.44 bits per heavy atom. The van der Waals surface area contributed by atoms with Crippen LogP contribution in [0, 0.1) is 6.92 Å². The van der Waals surface area contributed by atoms with Gasteiger partial charge < -0.3 is 10.6 Å². The second-order valence-corrected chi connectivity index (χ2v) is 6.94. The van der Waals surface area contributed by atoms with Crippen LogP contribution in [-0.4, -0.2) is 21.0 Å². The molecule has 128 valence electrons. The highest BCUT2D eigenvalue weighted by Crippen LogP contribution is 2.25. The van der Waals surface area contributed by atoms with Gasteiger partial charge in [-0.3, -0.25) is 4.98 Å². The van der Waals surface area contributed by atoms with E-state index in [0.717, 1.165) is 32.8 Å². The molecule has 2 aromatic heterocycles. The molecule has 0 aliphatic heterocycles. The number of rotatable bonds is 5. The van der Waals surface area contributed by atoms with Gasteiger partial charge in [0, 0.05) is 40.2 Å². The van der Waals surface area contributed by atoms with Gasteiger partial charge in [0.2, 0.25) is 5.95 Å². The maximum absolute atomic E-state index is 4.62. The lowest BCUT2D eigenvalue weighted by molar-refractivity contribution is 0.876. The Labute approximate surface area is 156 Å². The number of pyridine rings is 1. The van der Waals surface area contributed by atoms with Gasteiger partial charge in [0.25, 0.3) is 0 Å². The number of aromatic nitrogens is 3. The summed E-state index contributed by atoms with van der Waals surface area (Å²) in [4.78, 5) is 13.3. The van der Waals surface area contributed by atoms with Crippen LogP contribution in [0.4, 0.5) is 17.5 Å². The van der Waals surface area contributed by atoms with Crippen molar-refractivity contribution in [3.05, 3.63) is 58.8 Å². The minimum Gasteiger partial charge on any atom is -0.352 e. The first-order valence-electron chi connectivity index (χ1n) is 8.10. The third kappa shape index (κ3) is 4.54. The number of benzene rings is 1. The van der Waals surface area contributed by atoms with Crippen molar-refractivity contribution in [2.75, 3.05) is 10.6 Å². The predicted octanol–water partition coefficient (Wildman–Crippen LogP) is 5.17. The molecule has 0 aliphatic carbocycles. The molecule has 0 bridgehead atoms. The van der Waals surface area contributed by atoms with E-state index in [1.165, 1.54) is 0 Å². The summed E-state index contributed by atoms with van der Waals surface area (Å²) in [5.41, 5.74) is 3.99. The number of aryl methyl sites for hydroxylation is 1. The number of hydrogen-bond acceptors (Lipinski definition) is 5. The van der Waals surface area contributed by atoms with Crippen molar-refractivity contribution >= 4 is 33.4 Å². The fourth-order valence-corrected chi connectivity index (χ4v) is 2.62. The van der Waals surface area contributed by atoms with Gasteiger partial charge in [-0.05, 0) is 56.7 Å². The first-order chi connectivity index (χ1) is 12.0. The van der Waals surface area contributed by atoms with E-state index < -0.39 is 0 Å². The van der Waals surface area contributed by atoms with Crippen molar-refractivity contribution in [2.45, 2.75) is 26.8 Å². The highest BCUT2D eigenvalue weighted by molar-refractivity contribution is 9.10. The topological polar surface area (TPSA) is 62.7 Å².